The zero-order valence-electron chi connectivity index (χ0n) is 15.0. The van der Waals surface area contributed by atoms with Crippen molar-refractivity contribution < 1.29 is 14.4 Å². The van der Waals surface area contributed by atoms with Gasteiger partial charge in [-0.2, -0.15) is 0 Å². The Balaban J connectivity index is 1.77. The largest absolute Gasteiger partial charge is 0.340 e. The summed E-state index contributed by atoms with van der Waals surface area (Å²) in [6.45, 7) is 8.28. The second-order valence-electron chi connectivity index (χ2n) is 6.56. The van der Waals surface area contributed by atoms with Gasteiger partial charge in [-0.05, 0) is 24.3 Å². The first kappa shape index (κ1) is 18.9. The lowest BCUT2D eigenvalue weighted by Gasteiger charge is -2.35. The number of amides is 3. The SMILES string of the molecule is CC(=O)Nc1ccc(NC(=O)CN2CCN(C(=O)C(C)C)CC2)cc1. The number of carbonyl (C=O) groups is 3. The predicted octanol–water partition coefficient (Wildman–Crippen LogP) is 1.38. The van der Waals surface area contributed by atoms with Gasteiger partial charge in [-0.3, -0.25) is 19.3 Å². The average Bonchev–Trinajstić information content (AvgIpc) is 2.56. The van der Waals surface area contributed by atoms with Gasteiger partial charge in [-0.15, -0.1) is 0 Å². The molecule has 2 N–H and O–H groups in total. The molecule has 0 radical (unpaired) electrons. The van der Waals surface area contributed by atoms with E-state index in [0.717, 1.165) is 0 Å². The Morgan fingerprint density at radius 2 is 1.48 bits per heavy atom. The second kappa shape index (κ2) is 8.62. The second-order valence-corrected chi connectivity index (χ2v) is 6.56. The van der Waals surface area contributed by atoms with Crippen molar-refractivity contribution in [1.82, 2.24) is 9.80 Å². The first-order valence-electron chi connectivity index (χ1n) is 8.54. The summed E-state index contributed by atoms with van der Waals surface area (Å²) >= 11 is 0. The molecule has 25 heavy (non-hydrogen) atoms. The molecule has 0 unspecified atom stereocenters. The van der Waals surface area contributed by atoms with Crippen LogP contribution < -0.4 is 10.6 Å². The maximum absolute atomic E-state index is 12.2. The van der Waals surface area contributed by atoms with Crippen LogP contribution in [0.15, 0.2) is 24.3 Å². The standard InChI is InChI=1S/C18H26N4O3/c1-13(2)18(25)22-10-8-21(9-11-22)12-17(24)20-16-6-4-15(5-7-16)19-14(3)23/h4-7,13H,8-12H2,1-3H3,(H,19,23)(H,20,24). The summed E-state index contributed by atoms with van der Waals surface area (Å²) in [4.78, 5) is 39.0. The van der Waals surface area contributed by atoms with Gasteiger partial charge in [0, 0.05) is 50.4 Å². The van der Waals surface area contributed by atoms with Crippen LogP contribution in [-0.2, 0) is 14.4 Å². The quantitative estimate of drug-likeness (QED) is 0.844. The summed E-state index contributed by atoms with van der Waals surface area (Å²) < 4.78 is 0. The minimum atomic E-state index is -0.133. The van der Waals surface area contributed by atoms with Crippen LogP contribution in [0.5, 0.6) is 0 Å². The minimum Gasteiger partial charge on any atom is -0.340 e. The van der Waals surface area contributed by atoms with Crippen molar-refractivity contribution in [3.8, 4) is 0 Å². The van der Waals surface area contributed by atoms with E-state index in [2.05, 4.69) is 10.6 Å². The smallest absolute Gasteiger partial charge is 0.238 e. The van der Waals surface area contributed by atoms with E-state index in [1.165, 1.54) is 6.92 Å². The van der Waals surface area contributed by atoms with Gasteiger partial charge in [0.1, 0.15) is 0 Å². The molecule has 1 aliphatic heterocycles. The molecule has 0 spiro atoms. The van der Waals surface area contributed by atoms with Crippen molar-refractivity contribution in [3.05, 3.63) is 24.3 Å². The summed E-state index contributed by atoms with van der Waals surface area (Å²) in [5.74, 6) is -0.0403. The molecule has 0 saturated carbocycles. The lowest BCUT2D eigenvalue weighted by Crippen LogP contribution is -2.51. The van der Waals surface area contributed by atoms with Crippen LogP contribution >= 0.6 is 0 Å². The Labute approximate surface area is 148 Å². The summed E-state index contributed by atoms with van der Waals surface area (Å²) in [5.41, 5.74) is 1.38. The molecule has 0 atom stereocenters. The molecular formula is C18H26N4O3. The molecule has 1 fully saturated rings. The van der Waals surface area contributed by atoms with Crippen molar-refractivity contribution in [2.75, 3.05) is 43.4 Å². The van der Waals surface area contributed by atoms with Crippen LogP contribution in [-0.4, -0.2) is 60.2 Å². The summed E-state index contributed by atoms with van der Waals surface area (Å²) in [6, 6.07) is 6.99. The zero-order chi connectivity index (χ0) is 18.4. The number of anilines is 2. The Bertz CT molecular complexity index is 620. The first-order chi connectivity index (χ1) is 11.8. The molecule has 1 aliphatic rings. The third-order valence-electron chi connectivity index (χ3n) is 4.03. The molecule has 1 aromatic carbocycles. The van der Waals surface area contributed by atoms with Crippen LogP contribution in [0, 0.1) is 5.92 Å². The molecule has 1 aromatic rings. The topological polar surface area (TPSA) is 81.8 Å². The van der Waals surface area contributed by atoms with Crippen LogP contribution in [0.3, 0.4) is 0 Å². The van der Waals surface area contributed by atoms with Gasteiger partial charge in [-0.25, -0.2) is 0 Å². The van der Waals surface area contributed by atoms with Gasteiger partial charge < -0.3 is 15.5 Å². The molecule has 3 amide bonds. The van der Waals surface area contributed by atoms with Crippen LogP contribution in [0.25, 0.3) is 0 Å². The minimum absolute atomic E-state index is 0.00955. The van der Waals surface area contributed by atoms with Gasteiger partial charge in [0.05, 0.1) is 6.54 Å². The Morgan fingerprint density at radius 3 is 1.96 bits per heavy atom. The van der Waals surface area contributed by atoms with Crippen LogP contribution in [0.2, 0.25) is 0 Å². The summed E-state index contributed by atoms with van der Waals surface area (Å²) in [6.07, 6.45) is 0. The van der Waals surface area contributed by atoms with E-state index in [1.54, 1.807) is 24.3 Å². The predicted molar refractivity (Wildman–Crippen MR) is 97.2 cm³/mol. The number of nitrogens with zero attached hydrogens (tertiary/aromatic N) is 2. The number of benzene rings is 1. The highest BCUT2D eigenvalue weighted by Gasteiger charge is 2.23. The maximum atomic E-state index is 12.2. The molecule has 0 aromatic heterocycles. The van der Waals surface area contributed by atoms with Crippen molar-refractivity contribution in [2.24, 2.45) is 5.92 Å². The van der Waals surface area contributed by atoms with Gasteiger partial charge in [0.2, 0.25) is 17.7 Å². The van der Waals surface area contributed by atoms with Crippen LogP contribution in [0.1, 0.15) is 20.8 Å². The van der Waals surface area contributed by atoms with E-state index in [1.807, 2.05) is 23.6 Å². The molecule has 0 aliphatic carbocycles. The number of piperazine rings is 1. The zero-order valence-corrected chi connectivity index (χ0v) is 15.0. The molecule has 1 heterocycles. The lowest BCUT2D eigenvalue weighted by molar-refractivity contribution is -0.136. The molecule has 2 rings (SSSR count). The van der Waals surface area contributed by atoms with Crippen LogP contribution in [0.4, 0.5) is 11.4 Å². The van der Waals surface area contributed by atoms with Gasteiger partial charge in [-0.1, -0.05) is 13.8 Å². The molecular weight excluding hydrogens is 320 g/mol. The molecule has 136 valence electrons. The molecule has 1 saturated heterocycles. The Morgan fingerprint density at radius 1 is 0.960 bits per heavy atom. The number of nitrogens with one attached hydrogen (secondary N) is 2. The van der Waals surface area contributed by atoms with Crippen molar-refractivity contribution >= 4 is 29.1 Å². The first-order valence-corrected chi connectivity index (χ1v) is 8.54. The molecule has 7 nitrogen and oxygen atoms in total. The summed E-state index contributed by atoms with van der Waals surface area (Å²) in [5, 5.41) is 5.53. The fraction of sp³-hybridized carbons (Fsp3) is 0.500. The number of hydrogen-bond donors (Lipinski definition) is 2. The van der Waals surface area contributed by atoms with E-state index in [4.69, 9.17) is 0 Å². The van der Waals surface area contributed by atoms with E-state index >= 15 is 0 Å². The molecule has 0 bridgehead atoms. The monoisotopic (exact) mass is 346 g/mol. The Kier molecular flexibility index (Phi) is 6.52. The number of rotatable bonds is 5. The van der Waals surface area contributed by atoms with E-state index in [-0.39, 0.29) is 23.6 Å². The maximum Gasteiger partial charge on any atom is 0.238 e. The Hall–Kier alpha value is -2.41. The highest BCUT2D eigenvalue weighted by Crippen LogP contribution is 2.14. The van der Waals surface area contributed by atoms with Crippen molar-refractivity contribution in [1.29, 1.82) is 0 Å². The average molecular weight is 346 g/mol. The lowest BCUT2D eigenvalue weighted by atomic mass is 10.1. The summed E-state index contributed by atoms with van der Waals surface area (Å²) in [7, 11) is 0. The van der Waals surface area contributed by atoms with E-state index in [9.17, 15) is 14.4 Å². The van der Waals surface area contributed by atoms with Gasteiger partial charge in [0.15, 0.2) is 0 Å². The third kappa shape index (κ3) is 5.86. The number of carbonyl (C=O) groups excluding carboxylic acids is 3. The van der Waals surface area contributed by atoms with Gasteiger partial charge >= 0.3 is 0 Å². The fourth-order valence-electron chi connectivity index (χ4n) is 2.74. The van der Waals surface area contributed by atoms with Gasteiger partial charge in [0.25, 0.3) is 0 Å². The highest BCUT2D eigenvalue weighted by atomic mass is 16.2. The normalized spacial score (nSPS) is 15.1. The van der Waals surface area contributed by atoms with Crippen molar-refractivity contribution in [2.45, 2.75) is 20.8 Å². The van der Waals surface area contributed by atoms with Crippen molar-refractivity contribution in [3.63, 3.8) is 0 Å². The van der Waals surface area contributed by atoms with E-state index in [0.29, 0.717) is 44.1 Å². The number of hydrogen-bond acceptors (Lipinski definition) is 4. The third-order valence-corrected chi connectivity index (χ3v) is 4.03. The highest BCUT2D eigenvalue weighted by molar-refractivity contribution is 5.93. The molecule has 7 heteroatoms. The fourth-order valence-corrected chi connectivity index (χ4v) is 2.74. The van der Waals surface area contributed by atoms with E-state index < -0.39 is 0 Å².